The molecule has 0 atom stereocenters. The van der Waals surface area contributed by atoms with Gasteiger partial charge in [0.25, 0.3) is 0 Å². The van der Waals surface area contributed by atoms with Gasteiger partial charge >= 0.3 is 0 Å². The highest BCUT2D eigenvalue weighted by Gasteiger charge is 2.17. The van der Waals surface area contributed by atoms with Crippen molar-refractivity contribution in [2.45, 2.75) is 12.8 Å². The number of nitrogens with two attached hydrogens (primary N) is 1. The van der Waals surface area contributed by atoms with Gasteiger partial charge in [0, 0.05) is 11.1 Å². The Morgan fingerprint density at radius 2 is 0.909 bits per heavy atom. The van der Waals surface area contributed by atoms with E-state index in [2.05, 4.69) is 5.10 Å². The van der Waals surface area contributed by atoms with Crippen LogP contribution in [0.4, 0.5) is 17.6 Å². The lowest BCUT2D eigenvalue weighted by Gasteiger charge is -2.16. The Bertz CT molecular complexity index is 1200. The SMILES string of the molecule is NN=C(c1ccc(F)cc1Cc1ccc(F)cc1)c1ccc(F)cc1Cc1ccc(F)cc1. The monoisotopic (exact) mass is 448 g/mol. The molecule has 0 aliphatic rings. The molecule has 4 aromatic carbocycles. The van der Waals surface area contributed by atoms with Crippen LogP contribution in [0.5, 0.6) is 0 Å². The predicted molar refractivity (Wildman–Crippen MR) is 121 cm³/mol. The molecule has 0 heterocycles. The Morgan fingerprint density at radius 1 is 0.545 bits per heavy atom. The predicted octanol–water partition coefficient (Wildman–Crippen LogP) is 6.14. The minimum atomic E-state index is -0.433. The minimum absolute atomic E-state index is 0.320. The van der Waals surface area contributed by atoms with E-state index in [1.807, 2.05) is 0 Å². The standard InChI is InChI=1S/C27H20F4N2/c28-21-5-1-17(2-6-21)13-19-15-23(30)9-11-25(19)27(33-32)26-12-10-24(31)16-20(26)14-18-3-7-22(29)8-4-18/h1-12,15-16H,13-14,32H2. The molecular formula is C27H20F4N2. The van der Waals surface area contributed by atoms with Gasteiger partial charge in [-0.15, -0.1) is 0 Å². The molecule has 2 N–H and O–H groups in total. The lowest BCUT2D eigenvalue weighted by molar-refractivity contribution is 0.624. The Labute approximate surface area is 189 Å². The first-order chi connectivity index (χ1) is 15.9. The van der Waals surface area contributed by atoms with Gasteiger partial charge in [-0.05, 0) is 95.8 Å². The van der Waals surface area contributed by atoms with Crippen LogP contribution in [-0.2, 0) is 12.8 Å². The molecule has 6 heteroatoms. The average Bonchev–Trinajstić information content (AvgIpc) is 2.80. The second-order valence-electron chi connectivity index (χ2n) is 7.69. The fourth-order valence-electron chi connectivity index (χ4n) is 3.81. The molecule has 0 saturated carbocycles. The van der Waals surface area contributed by atoms with Crippen molar-refractivity contribution in [2.24, 2.45) is 10.9 Å². The van der Waals surface area contributed by atoms with E-state index in [9.17, 15) is 17.6 Å². The first-order valence-electron chi connectivity index (χ1n) is 10.3. The van der Waals surface area contributed by atoms with Gasteiger partial charge in [-0.25, -0.2) is 17.6 Å². The summed E-state index contributed by atoms with van der Waals surface area (Å²) in [4.78, 5) is 0. The summed E-state index contributed by atoms with van der Waals surface area (Å²) in [5, 5.41) is 3.97. The molecule has 0 aliphatic carbocycles. The van der Waals surface area contributed by atoms with E-state index < -0.39 is 11.6 Å². The first kappa shape index (κ1) is 22.3. The number of hydrogen-bond donors (Lipinski definition) is 1. The Morgan fingerprint density at radius 3 is 1.27 bits per heavy atom. The molecular weight excluding hydrogens is 428 g/mol. The van der Waals surface area contributed by atoms with E-state index in [0.717, 1.165) is 11.1 Å². The van der Waals surface area contributed by atoms with Crippen LogP contribution in [0.3, 0.4) is 0 Å². The van der Waals surface area contributed by atoms with E-state index in [1.54, 1.807) is 36.4 Å². The molecule has 33 heavy (non-hydrogen) atoms. The maximum absolute atomic E-state index is 14.1. The van der Waals surface area contributed by atoms with Crippen LogP contribution in [0, 0.1) is 23.3 Å². The van der Waals surface area contributed by atoms with Crippen molar-refractivity contribution in [2.75, 3.05) is 0 Å². The van der Waals surface area contributed by atoms with Gasteiger partial charge < -0.3 is 5.84 Å². The molecule has 166 valence electrons. The van der Waals surface area contributed by atoms with Crippen LogP contribution < -0.4 is 5.84 Å². The number of rotatable bonds is 6. The van der Waals surface area contributed by atoms with E-state index in [4.69, 9.17) is 5.84 Å². The minimum Gasteiger partial charge on any atom is -0.323 e. The summed E-state index contributed by atoms with van der Waals surface area (Å²) in [6.45, 7) is 0. The highest BCUT2D eigenvalue weighted by atomic mass is 19.1. The molecule has 0 unspecified atom stereocenters. The van der Waals surface area contributed by atoms with Gasteiger partial charge in [-0.2, -0.15) is 5.10 Å². The molecule has 0 amide bonds. The lowest BCUT2D eigenvalue weighted by Crippen LogP contribution is -2.13. The van der Waals surface area contributed by atoms with Crippen molar-refractivity contribution in [1.82, 2.24) is 0 Å². The summed E-state index contributed by atoms with van der Waals surface area (Å²) in [7, 11) is 0. The van der Waals surface area contributed by atoms with E-state index >= 15 is 0 Å². The number of benzene rings is 4. The fraction of sp³-hybridized carbons (Fsp3) is 0.0741. The van der Waals surface area contributed by atoms with E-state index in [-0.39, 0.29) is 11.6 Å². The summed E-state index contributed by atoms with van der Waals surface area (Å²) < 4.78 is 54.9. The smallest absolute Gasteiger partial charge is 0.123 e. The van der Waals surface area contributed by atoms with Gasteiger partial charge in [0.05, 0.1) is 5.71 Å². The summed E-state index contributed by atoms with van der Waals surface area (Å²) in [5.74, 6) is 4.19. The quantitative estimate of drug-likeness (QED) is 0.164. The zero-order chi connectivity index (χ0) is 23.4. The third-order valence-corrected chi connectivity index (χ3v) is 5.39. The highest BCUT2D eigenvalue weighted by molar-refractivity contribution is 6.14. The van der Waals surface area contributed by atoms with Gasteiger partial charge in [-0.1, -0.05) is 24.3 Å². The molecule has 0 radical (unpaired) electrons. The van der Waals surface area contributed by atoms with Crippen molar-refractivity contribution in [1.29, 1.82) is 0 Å². The molecule has 4 rings (SSSR count). The molecule has 0 spiro atoms. The fourth-order valence-corrected chi connectivity index (χ4v) is 3.81. The van der Waals surface area contributed by atoms with Crippen LogP contribution >= 0.6 is 0 Å². The first-order valence-corrected chi connectivity index (χ1v) is 10.3. The molecule has 0 saturated heterocycles. The van der Waals surface area contributed by atoms with Crippen molar-refractivity contribution < 1.29 is 17.6 Å². The van der Waals surface area contributed by atoms with Gasteiger partial charge in [-0.3, -0.25) is 0 Å². The zero-order valence-electron chi connectivity index (χ0n) is 17.5. The summed E-state index contributed by atoms with van der Waals surface area (Å²) in [5.41, 5.74) is 4.29. The second kappa shape index (κ2) is 9.69. The van der Waals surface area contributed by atoms with Gasteiger partial charge in [0.2, 0.25) is 0 Å². The molecule has 0 aliphatic heterocycles. The number of hydrogen-bond acceptors (Lipinski definition) is 2. The number of halogens is 4. The van der Waals surface area contributed by atoms with E-state index in [1.165, 1.54) is 48.5 Å². The lowest BCUT2D eigenvalue weighted by atomic mass is 9.89. The maximum Gasteiger partial charge on any atom is 0.123 e. The van der Waals surface area contributed by atoms with Crippen molar-refractivity contribution in [3.63, 3.8) is 0 Å². The van der Waals surface area contributed by atoms with Crippen LogP contribution in [0.15, 0.2) is 90.0 Å². The summed E-state index contributed by atoms with van der Waals surface area (Å²) in [6, 6.07) is 20.4. The van der Waals surface area contributed by atoms with Gasteiger partial charge in [0.1, 0.15) is 23.3 Å². The Balaban J connectivity index is 1.76. The Kier molecular flexibility index (Phi) is 6.54. The van der Waals surface area contributed by atoms with Crippen LogP contribution in [0.1, 0.15) is 33.4 Å². The average molecular weight is 448 g/mol. The largest absolute Gasteiger partial charge is 0.323 e. The number of hydrazone groups is 1. The van der Waals surface area contributed by atoms with Crippen molar-refractivity contribution in [3.05, 3.63) is 142 Å². The molecule has 0 aromatic heterocycles. The summed E-state index contributed by atoms with van der Waals surface area (Å²) in [6.07, 6.45) is 0.641. The van der Waals surface area contributed by atoms with Crippen LogP contribution in [-0.4, -0.2) is 5.71 Å². The third-order valence-electron chi connectivity index (χ3n) is 5.39. The van der Waals surface area contributed by atoms with Crippen LogP contribution in [0.2, 0.25) is 0 Å². The topological polar surface area (TPSA) is 38.4 Å². The van der Waals surface area contributed by atoms with Crippen molar-refractivity contribution in [3.8, 4) is 0 Å². The molecule has 4 aromatic rings. The molecule has 0 fully saturated rings. The van der Waals surface area contributed by atoms with Gasteiger partial charge in [0.15, 0.2) is 0 Å². The molecule has 0 bridgehead atoms. The highest BCUT2D eigenvalue weighted by Crippen LogP contribution is 2.24. The molecule has 2 nitrogen and oxygen atoms in total. The Hall–Kier alpha value is -3.93. The maximum atomic E-state index is 14.1. The second-order valence-corrected chi connectivity index (χ2v) is 7.69. The summed E-state index contributed by atoms with van der Waals surface area (Å²) >= 11 is 0. The zero-order valence-corrected chi connectivity index (χ0v) is 17.5. The van der Waals surface area contributed by atoms with E-state index in [0.29, 0.717) is 40.8 Å². The normalized spacial score (nSPS) is 10.8. The van der Waals surface area contributed by atoms with Crippen molar-refractivity contribution >= 4 is 5.71 Å². The third kappa shape index (κ3) is 5.29. The number of nitrogens with zero attached hydrogens (tertiary/aromatic N) is 1. The van der Waals surface area contributed by atoms with Crippen LogP contribution in [0.25, 0.3) is 0 Å².